The standard InChI is InChI=1S/C12H17ClN4/c1-9-12(13)11(16(2)15-9)8-17-6-4-3-5-10(17)7-14/h10H,3-6,8H2,1-2H3. The van der Waals surface area contributed by atoms with Crippen LogP contribution in [0, 0.1) is 18.3 Å². The van der Waals surface area contributed by atoms with Crippen molar-refractivity contribution in [3.8, 4) is 6.07 Å². The molecule has 0 N–H and O–H groups in total. The number of hydrogen-bond donors (Lipinski definition) is 0. The Labute approximate surface area is 107 Å². The number of nitrogens with zero attached hydrogens (tertiary/aromatic N) is 4. The summed E-state index contributed by atoms with van der Waals surface area (Å²) in [5.74, 6) is 0. The minimum atomic E-state index is 0.0232. The van der Waals surface area contributed by atoms with Crippen LogP contribution in [-0.2, 0) is 13.6 Å². The third-order valence-corrected chi connectivity index (χ3v) is 3.87. The summed E-state index contributed by atoms with van der Waals surface area (Å²) in [5.41, 5.74) is 1.86. The molecule has 2 heterocycles. The number of hydrogen-bond acceptors (Lipinski definition) is 3. The van der Waals surface area contributed by atoms with Crippen molar-refractivity contribution >= 4 is 11.6 Å². The third kappa shape index (κ3) is 2.46. The molecule has 1 unspecified atom stereocenters. The molecule has 0 amide bonds. The summed E-state index contributed by atoms with van der Waals surface area (Å²) in [4.78, 5) is 2.20. The van der Waals surface area contributed by atoms with Gasteiger partial charge in [-0.15, -0.1) is 0 Å². The van der Waals surface area contributed by atoms with E-state index in [1.807, 2.05) is 18.7 Å². The van der Waals surface area contributed by atoms with Crippen molar-refractivity contribution in [2.24, 2.45) is 7.05 Å². The molecule has 4 nitrogen and oxygen atoms in total. The Balaban J connectivity index is 2.17. The second kappa shape index (κ2) is 5.07. The van der Waals surface area contributed by atoms with Crippen LogP contribution >= 0.6 is 11.6 Å². The van der Waals surface area contributed by atoms with Gasteiger partial charge >= 0.3 is 0 Å². The lowest BCUT2D eigenvalue weighted by Gasteiger charge is -2.31. The molecule has 2 rings (SSSR count). The molecule has 1 aromatic rings. The molecule has 5 heteroatoms. The number of halogens is 1. The second-order valence-corrected chi connectivity index (χ2v) is 4.96. The molecule has 17 heavy (non-hydrogen) atoms. The average Bonchev–Trinajstić information content (AvgIpc) is 2.57. The van der Waals surface area contributed by atoms with Crippen molar-refractivity contribution < 1.29 is 0 Å². The predicted octanol–water partition coefficient (Wildman–Crippen LogP) is 2.26. The van der Waals surface area contributed by atoms with Gasteiger partial charge in [0.15, 0.2) is 0 Å². The highest BCUT2D eigenvalue weighted by Gasteiger charge is 2.24. The highest BCUT2D eigenvalue weighted by Crippen LogP contribution is 2.24. The lowest BCUT2D eigenvalue weighted by atomic mass is 10.0. The fraction of sp³-hybridized carbons (Fsp3) is 0.667. The Hall–Kier alpha value is -1.05. The fourth-order valence-electron chi connectivity index (χ4n) is 2.37. The summed E-state index contributed by atoms with van der Waals surface area (Å²) in [6, 6.07) is 2.40. The zero-order valence-electron chi connectivity index (χ0n) is 10.3. The van der Waals surface area contributed by atoms with Gasteiger partial charge in [-0.3, -0.25) is 9.58 Å². The number of aromatic nitrogens is 2. The maximum atomic E-state index is 9.14. The number of piperidine rings is 1. The molecule has 1 aromatic heterocycles. The Morgan fingerprint density at radius 2 is 2.29 bits per heavy atom. The highest BCUT2D eigenvalue weighted by molar-refractivity contribution is 6.31. The molecule has 1 atom stereocenters. The van der Waals surface area contributed by atoms with E-state index >= 15 is 0 Å². The van der Waals surface area contributed by atoms with Crippen molar-refractivity contribution in [3.63, 3.8) is 0 Å². The quantitative estimate of drug-likeness (QED) is 0.811. The van der Waals surface area contributed by atoms with Crippen LogP contribution in [-0.4, -0.2) is 27.3 Å². The van der Waals surface area contributed by atoms with Crippen LogP contribution in [0.2, 0.25) is 5.02 Å². The molecular weight excluding hydrogens is 236 g/mol. The molecule has 0 aromatic carbocycles. The Morgan fingerprint density at radius 1 is 1.53 bits per heavy atom. The van der Waals surface area contributed by atoms with Gasteiger partial charge in [0, 0.05) is 13.6 Å². The van der Waals surface area contributed by atoms with Gasteiger partial charge in [-0.05, 0) is 32.7 Å². The van der Waals surface area contributed by atoms with Crippen molar-refractivity contribution in [1.82, 2.24) is 14.7 Å². The van der Waals surface area contributed by atoms with Gasteiger partial charge in [0.2, 0.25) is 0 Å². The summed E-state index contributed by atoms with van der Waals surface area (Å²) in [5, 5.41) is 14.2. The van der Waals surface area contributed by atoms with Gasteiger partial charge in [0.25, 0.3) is 0 Å². The van der Waals surface area contributed by atoms with Crippen LogP contribution in [0.4, 0.5) is 0 Å². The van der Waals surface area contributed by atoms with Crippen LogP contribution in [0.1, 0.15) is 30.7 Å². The smallest absolute Gasteiger partial charge is 0.0981 e. The van der Waals surface area contributed by atoms with Crippen molar-refractivity contribution in [3.05, 3.63) is 16.4 Å². The van der Waals surface area contributed by atoms with E-state index in [1.54, 1.807) is 0 Å². The number of likely N-dealkylation sites (tertiary alicyclic amines) is 1. The van der Waals surface area contributed by atoms with Gasteiger partial charge in [0.05, 0.1) is 28.5 Å². The minimum Gasteiger partial charge on any atom is -0.282 e. The number of nitriles is 1. The second-order valence-electron chi connectivity index (χ2n) is 4.58. The molecule has 0 saturated carbocycles. The maximum Gasteiger partial charge on any atom is 0.0981 e. The van der Waals surface area contributed by atoms with Crippen molar-refractivity contribution in [2.75, 3.05) is 6.54 Å². The van der Waals surface area contributed by atoms with E-state index in [9.17, 15) is 0 Å². The lowest BCUT2D eigenvalue weighted by molar-refractivity contribution is 0.172. The normalized spacial score (nSPS) is 21.4. The molecule has 0 bridgehead atoms. The van der Waals surface area contributed by atoms with Crippen LogP contribution in [0.15, 0.2) is 0 Å². The molecule has 1 aliphatic rings. The van der Waals surface area contributed by atoms with Crippen LogP contribution < -0.4 is 0 Å². The maximum absolute atomic E-state index is 9.14. The van der Waals surface area contributed by atoms with E-state index in [0.717, 1.165) is 42.2 Å². The van der Waals surface area contributed by atoms with E-state index in [2.05, 4.69) is 16.1 Å². The minimum absolute atomic E-state index is 0.0232. The molecule has 92 valence electrons. The Kier molecular flexibility index (Phi) is 3.70. The van der Waals surface area contributed by atoms with Gasteiger partial charge in [-0.1, -0.05) is 11.6 Å². The molecule has 0 spiro atoms. The average molecular weight is 253 g/mol. The first-order valence-electron chi connectivity index (χ1n) is 5.95. The van der Waals surface area contributed by atoms with Crippen molar-refractivity contribution in [1.29, 1.82) is 5.26 Å². The fourth-order valence-corrected chi connectivity index (χ4v) is 2.59. The van der Waals surface area contributed by atoms with E-state index in [4.69, 9.17) is 16.9 Å². The summed E-state index contributed by atoms with van der Waals surface area (Å²) in [6.07, 6.45) is 3.27. The first-order chi connectivity index (χ1) is 8.13. The molecule has 1 aliphatic heterocycles. The van der Waals surface area contributed by atoms with Crippen molar-refractivity contribution in [2.45, 2.75) is 38.8 Å². The first-order valence-corrected chi connectivity index (χ1v) is 6.33. The lowest BCUT2D eigenvalue weighted by Crippen LogP contribution is -2.38. The van der Waals surface area contributed by atoms with Crippen LogP contribution in [0.5, 0.6) is 0 Å². The van der Waals surface area contributed by atoms with Gasteiger partial charge in [-0.2, -0.15) is 10.4 Å². The van der Waals surface area contributed by atoms with Gasteiger partial charge in [-0.25, -0.2) is 0 Å². The van der Waals surface area contributed by atoms with E-state index < -0.39 is 0 Å². The van der Waals surface area contributed by atoms with E-state index in [1.165, 1.54) is 0 Å². The summed E-state index contributed by atoms with van der Waals surface area (Å²) >= 11 is 6.23. The first kappa shape index (κ1) is 12.4. The van der Waals surface area contributed by atoms with E-state index in [0.29, 0.717) is 6.54 Å². The van der Waals surface area contributed by atoms with Gasteiger partial charge in [0.1, 0.15) is 0 Å². The SMILES string of the molecule is Cc1nn(C)c(CN2CCCCC2C#N)c1Cl. The topological polar surface area (TPSA) is 44.9 Å². The Morgan fingerprint density at radius 3 is 2.88 bits per heavy atom. The van der Waals surface area contributed by atoms with Crippen LogP contribution in [0.3, 0.4) is 0 Å². The number of aryl methyl sites for hydroxylation is 2. The van der Waals surface area contributed by atoms with Gasteiger partial charge < -0.3 is 0 Å². The molecule has 0 aliphatic carbocycles. The highest BCUT2D eigenvalue weighted by atomic mass is 35.5. The van der Waals surface area contributed by atoms with E-state index in [-0.39, 0.29) is 6.04 Å². The van der Waals surface area contributed by atoms with Crippen LogP contribution in [0.25, 0.3) is 0 Å². The molecule has 0 radical (unpaired) electrons. The predicted molar refractivity (Wildman–Crippen MR) is 66.6 cm³/mol. The summed E-state index contributed by atoms with van der Waals surface area (Å²) in [7, 11) is 1.90. The molecular formula is C12H17ClN4. The monoisotopic (exact) mass is 252 g/mol. The third-order valence-electron chi connectivity index (χ3n) is 3.38. The molecule has 1 fully saturated rings. The zero-order valence-corrected chi connectivity index (χ0v) is 11.0. The molecule has 1 saturated heterocycles. The summed E-state index contributed by atoms with van der Waals surface area (Å²) in [6.45, 7) is 3.59. The Bertz CT molecular complexity index is 446. The number of rotatable bonds is 2. The zero-order chi connectivity index (χ0) is 12.4. The largest absolute Gasteiger partial charge is 0.282 e. The summed E-state index contributed by atoms with van der Waals surface area (Å²) < 4.78 is 1.82.